The maximum Gasteiger partial charge on any atom is 0.254 e. The van der Waals surface area contributed by atoms with Crippen LogP contribution in [0.2, 0.25) is 5.02 Å². The summed E-state index contributed by atoms with van der Waals surface area (Å²) in [6.07, 6.45) is 7.27. The Morgan fingerprint density at radius 3 is 2.46 bits per heavy atom. The molecule has 0 radical (unpaired) electrons. The molecule has 10 heteroatoms. The maximum absolute atomic E-state index is 15.1. The lowest BCUT2D eigenvalue weighted by molar-refractivity contribution is -0.126. The Labute approximate surface area is 206 Å². The molecule has 0 spiro atoms. The van der Waals surface area contributed by atoms with Gasteiger partial charge in [-0.05, 0) is 68.9 Å². The average Bonchev–Trinajstić information content (AvgIpc) is 3.55. The first-order valence-electron chi connectivity index (χ1n) is 11.9. The van der Waals surface area contributed by atoms with Gasteiger partial charge in [0.25, 0.3) is 5.91 Å². The van der Waals surface area contributed by atoms with E-state index >= 15 is 8.78 Å². The summed E-state index contributed by atoms with van der Waals surface area (Å²) < 4.78 is 45.1. The average molecular weight is 507 g/mol. The van der Waals surface area contributed by atoms with Gasteiger partial charge in [0.1, 0.15) is 23.6 Å². The van der Waals surface area contributed by atoms with Crippen LogP contribution >= 0.6 is 11.6 Å². The van der Waals surface area contributed by atoms with Crippen molar-refractivity contribution in [2.75, 3.05) is 0 Å². The Morgan fingerprint density at radius 1 is 1.09 bits per heavy atom. The van der Waals surface area contributed by atoms with Crippen LogP contribution in [0.4, 0.5) is 13.2 Å². The van der Waals surface area contributed by atoms with E-state index in [1.165, 1.54) is 18.7 Å². The number of amides is 2. The molecule has 2 aromatic rings. The predicted octanol–water partition coefficient (Wildman–Crippen LogP) is 4.84. The molecule has 3 atom stereocenters. The van der Waals surface area contributed by atoms with Crippen molar-refractivity contribution in [1.82, 2.24) is 20.6 Å². The van der Waals surface area contributed by atoms with Gasteiger partial charge in [-0.15, -0.1) is 0 Å². The summed E-state index contributed by atoms with van der Waals surface area (Å²) in [6, 6.07) is 0.962. The van der Waals surface area contributed by atoms with Crippen molar-refractivity contribution in [1.29, 1.82) is 0 Å². The second-order valence-corrected chi connectivity index (χ2v) is 10.6. The third-order valence-corrected chi connectivity index (χ3v) is 8.33. The molecule has 3 aliphatic rings. The molecule has 0 saturated heterocycles. The number of alkyl halides is 1. The quantitative estimate of drug-likeness (QED) is 0.549. The molecule has 3 fully saturated rings. The lowest BCUT2D eigenvalue weighted by Crippen LogP contribution is -2.43. The smallest absolute Gasteiger partial charge is 0.254 e. The number of hydrogen-bond acceptors (Lipinski definition) is 4. The Bertz CT molecular complexity index is 1140. The highest BCUT2D eigenvalue weighted by Crippen LogP contribution is 2.63. The fourth-order valence-electron chi connectivity index (χ4n) is 6.21. The van der Waals surface area contributed by atoms with Gasteiger partial charge in [0.2, 0.25) is 5.91 Å². The Morgan fingerprint density at radius 2 is 1.80 bits per heavy atom. The second-order valence-electron chi connectivity index (χ2n) is 10.2. The van der Waals surface area contributed by atoms with Crippen molar-refractivity contribution in [2.45, 2.75) is 69.1 Å². The zero-order valence-electron chi connectivity index (χ0n) is 19.0. The van der Waals surface area contributed by atoms with Crippen molar-refractivity contribution >= 4 is 23.4 Å². The van der Waals surface area contributed by atoms with Crippen molar-refractivity contribution in [3.05, 3.63) is 58.6 Å². The van der Waals surface area contributed by atoms with Crippen LogP contribution < -0.4 is 10.6 Å². The standard InChI is InChI=1S/C25H26ClF3N4O2/c26-17-3-4-18(27)19(20(17)28)21(24-5-7-25(29,12-24)8-6-24)33-22(34)14-1-2-16(9-14)32-23(35)15-10-30-13-31-11-15/h3-4,10-11,13-14,16,21H,1-2,5-9,12H2,(H,32,35)(H,33,34)/t14-,16+,21+,24?,25?/m0/s1. The minimum Gasteiger partial charge on any atom is -0.349 e. The van der Waals surface area contributed by atoms with E-state index in [1.807, 2.05) is 0 Å². The van der Waals surface area contributed by atoms with Gasteiger partial charge >= 0.3 is 0 Å². The third kappa shape index (κ3) is 4.50. The van der Waals surface area contributed by atoms with Gasteiger partial charge < -0.3 is 10.6 Å². The molecule has 0 aliphatic heterocycles. The van der Waals surface area contributed by atoms with Crippen molar-refractivity contribution in [2.24, 2.45) is 11.3 Å². The first-order valence-corrected chi connectivity index (χ1v) is 12.3. The van der Waals surface area contributed by atoms with Crippen LogP contribution in [0.5, 0.6) is 0 Å². The third-order valence-electron chi connectivity index (χ3n) is 8.04. The molecule has 186 valence electrons. The Hall–Kier alpha value is -2.68. The fourth-order valence-corrected chi connectivity index (χ4v) is 6.37. The molecule has 1 heterocycles. The highest BCUT2D eigenvalue weighted by molar-refractivity contribution is 6.30. The van der Waals surface area contributed by atoms with Crippen LogP contribution in [0, 0.1) is 23.0 Å². The summed E-state index contributed by atoms with van der Waals surface area (Å²) in [7, 11) is 0. The minimum atomic E-state index is -1.36. The van der Waals surface area contributed by atoms with Crippen LogP contribution in [0.25, 0.3) is 0 Å². The van der Waals surface area contributed by atoms with Gasteiger partial charge in [-0.3, -0.25) is 9.59 Å². The molecule has 1 aromatic heterocycles. The number of fused-ring (bicyclic) bond motifs is 2. The monoisotopic (exact) mass is 506 g/mol. The van der Waals surface area contributed by atoms with E-state index in [2.05, 4.69) is 20.6 Å². The maximum atomic E-state index is 15.1. The van der Waals surface area contributed by atoms with Crippen LogP contribution in [0.15, 0.2) is 30.9 Å². The molecule has 35 heavy (non-hydrogen) atoms. The molecule has 0 unspecified atom stereocenters. The van der Waals surface area contributed by atoms with E-state index in [9.17, 15) is 14.0 Å². The highest BCUT2D eigenvalue weighted by Gasteiger charge is 2.59. The van der Waals surface area contributed by atoms with E-state index in [0.717, 1.165) is 12.1 Å². The van der Waals surface area contributed by atoms with Crippen LogP contribution in [-0.4, -0.2) is 33.5 Å². The summed E-state index contributed by atoms with van der Waals surface area (Å²) in [5.41, 5.74) is -2.11. The van der Waals surface area contributed by atoms with E-state index in [1.54, 1.807) is 0 Å². The molecule has 1 aromatic carbocycles. The van der Waals surface area contributed by atoms with Crippen LogP contribution in [0.1, 0.15) is 73.3 Å². The molecule has 3 saturated carbocycles. The molecule has 2 N–H and O–H groups in total. The number of nitrogens with zero attached hydrogens (tertiary/aromatic N) is 2. The van der Waals surface area contributed by atoms with E-state index in [-0.39, 0.29) is 34.9 Å². The van der Waals surface area contributed by atoms with Gasteiger partial charge in [0.15, 0.2) is 0 Å². The summed E-state index contributed by atoms with van der Waals surface area (Å²) in [5, 5.41) is 5.54. The fraction of sp³-hybridized carbons (Fsp3) is 0.520. The Balaban J connectivity index is 1.34. The van der Waals surface area contributed by atoms with Crippen molar-refractivity contribution in [3.8, 4) is 0 Å². The van der Waals surface area contributed by atoms with E-state index in [4.69, 9.17) is 11.6 Å². The van der Waals surface area contributed by atoms with Crippen molar-refractivity contribution in [3.63, 3.8) is 0 Å². The van der Waals surface area contributed by atoms with E-state index in [0.29, 0.717) is 50.5 Å². The molecular formula is C25H26ClF3N4O2. The van der Waals surface area contributed by atoms with Crippen LogP contribution in [-0.2, 0) is 4.79 Å². The Kier molecular flexibility index (Phi) is 6.23. The minimum absolute atomic E-state index is 0.152. The molecule has 3 aliphatic carbocycles. The number of carbonyl (C=O) groups is 2. The van der Waals surface area contributed by atoms with Crippen molar-refractivity contribution < 1.29 is 22.8 Å². The lowest BCUT2D eigenvalue weighted by atomic mass is 9.74. The van der Waals surface area contributed by atoms with Gasteiger partial charge in [-0.2, -0.15) is 0 Å². The highest BCUT2D eigenvalue weighted by atomic mass is 35.5. The number of aromatic nitrogens is 2. The van der Waals surface area contributed by atoms with Gasteiger partial charge in [-0.1, -0.05) is 11.6 Å². The number of hydrogen-bond donors (Lipinski definition) is 2. The largest absolute Gasteiger partial charge is 0.349 e. The first kappa shape index (κ1) is 24.0. The number of carbonyl (C=O) groups excluding carboxylic acids is 2. The number of halogens is 4. The normalized spacial score (nSPS) is 30.3. The molecular weight excluding hydrogens is 481 g/mol. The van der Waals surface area contributed by atoms with Gasteiger partial charge in [-0.25, -0.2) is 23.1 Å². The SMILES string of the molecule is O=C(N[C@@H]1CC[C@H](C(=O)N[C@H](c2c(F)ccc(Cl)c2F)C23CCC(F)(CC2)C3)C1)c1cncnc1. The number of rotatable bonds is 6. The molecule has 2 amide bonds. The van der Waals surface area contributed by atoms with Crippen LogP contribution in [0.3, 0.4) is 0 Å². The summed E-state index contributed by atoms with van der Waals surface area (Å²) >= 11 is 5.97. The topological polar surface area (TPSA) is 84.0 Å². The summed E-state index contributed by atoms with van der Waals surface area (Å²) in [5.74, 6) is -2.86. The second kappa shape index (κ2) is 9.08. The predicted molar refractivity (Wildman–Crippen MR) is 122 cm³/mol. The number of benzene rings is 1. The van der Waals surface area contributed by atoms with Gasteiger partial charge in [0.05, 0.1) is 16.6 Å². The first-order chi connectivity index (χ1) is 16.7. The molecule has 6 nitrogen and oxygen atoms in total. The summed E-state index contributed by atoms with van der Waals surface area (Å²) in [6.45, 7) is 0. The molecule has 5 rings (SSSR count). The van der Waals surface area contributed by atoms with Gasteiger partial charge in [0, 0.05) is 29.9 Å². The summed E-state index contributed by atoms with van der Waals surface area (Å²) in [4.78, 5) is 33.4. The zero-order valence-corrected chi connectivity index (χ0v) is 19.8. The van der Waals surface area contributed by atoms with E-state index < -0.39 is 34.7 Å². The zero-order chi connectivity index (χ0) is 24.8. The molecule has 2 bridgehead atoms. The number of nitrogens with one attached hydrogen (secondary N) is 2. The lowest BCUT2D eigenvalue weighted by Gasteiger charge is -2.37.